The third kappa shape index (κ3) is 2.34. The fraction of sp³-hybridized carbons (Fsp3) is 0.400. The molecule has 3 nitrogen and oxygen atoms in total. The Morgan fingerprint density at radius 2 is 2.31 bits per heavy atom. The summed E-state index contributed by atoms with van der Waals surface area (Å²) in [5.74, 6) is 0.799. The van der Waals surface area contributed by atoms with Crippen LogP contribution in [0, 0.1) is 5.92 Å². The van der Waals surface area contributed by atoms with E-state index in [1.807, 2.05) is 0 Å². The van der Waals surface area contributed by atoms with Crippen molar-refractivity contribution in [2.24, 2.45) is 5.92 Å². The fourth-order valence-electron chi connectivity index (χ4n) is 1.72. The van der Waals surface area contributed by atoms with E-state index in [0.29, 0.717) is 28.6 Å². The van der Waals surface area contributed by atoms with Crippen molar-refractivity contribution in [3.8, 4) is 0 Å². The summed E-state index contributed by atoms with van der Waals surface area (Å²) in [7, 11) is 0. The first-order valence-electron chi connectivity index (χ1n) is 4.80. The normalized spacial score (nSPS) is 20.6. The molecule has 1 unspecified atom stereocenters. The minimum atomic E-state index is 0.0791. The number of carbonyl (C=O) groups is 1. The smallest absolute Gasteiger partial charge is 0.227 e. The van der Waals surface area contributed by atoms with Gasteiger partial charge in [-0.15, -0.1) is 11.6 Å². The van der Waals surface area contributed by atoms with Crippen molar-refractivity contribution in [1.29, 1.82) is 0 Å². The van der Waals surface area contributed by atoms with E-state index in [0.717, 1.165) is 5.69 Å². The van der Waals surface area contributed by atoms with Gasteiger partial charge in [0.25, 0.3) is 0 Å². The number of anilines is 1. The summed E-state index contributed by atoms with van der Waals surface area (Å²) < 4.78 is 0.587. The van der Waals surface area contributed by atoms with Gasteiger partial charge in [0.2, 0.25) is 5.91 Å². The number of rotatable bonds is 2. The van der Waals surface area contributed by atoms with Gasteiger partial charge in [-0.05, 0) is 34.0 Å². The molecule has 1 fully saturated rings. The molecule has 1 aromatic rings. The van der Waals surface area contributed by atoms with Gasteiger partial charge in [0, 0.05) is 18.8 Å². The van der Waals surface area contributed by atoms with Crippen molar-refractivity contribution in [2.45, 2.75) is 6.42 Å². The molecule has 2 rings (SSSR count). The van der Waals surface area contributed by atoms with E-state index in [2.05, 4.69) is 20.9 Å². The van der Waals surface area contributed by atoms with E-state index in [1.165, 1.54) is 0 Å². The Hall–Kier alpha value is -0.320. The first-order valence-corrected chi connectivity index (χ1v) is 6.50. The topological polar surface area (TPSA) is 33.2 Å². The van der Waals surface area contributed by atoms with Crippen LogP contribution in [0.4, 0.5) is 5.69 Å². The molecule has 2 heterocycles. The van der Waals surface area contributed by atoms with E-state index < -0.39 is 0 Å². The second kappa shape index (κ2) is 4.90. The van der Waals surface area contributed by atoms with Crippen LogP contribution >= 0.6 is 39.1 Å². The molecule has 1 aromatic heterocycles. The zero-order valence-electron chi connectivity index (χ0n) is 8.29. The molecule has 16 heavy (non-hydrogen) atoms. The van der Waals surface area contributed by atoms with Gasteiger partial charge in [-0.25, -0.2) is 4.98 Å². The van der Waals surface area contributed by atoms with E-state index in [9.17, 15) is 4.79 Å². The number of halogens is 3. The van der Waals surface area contributed by atoms with Crippen LogP contribution in [0.3, 0.4) is 0 Å². The van der Waals surface area contributed by atoms with E-state index >= 15 is 0 Å². The highest BCUT2D eigenvalue weighted by molar-refractivity contribution is 9.10. The number of hydrogen-bond donors (Lipinski definition) is 0. The van der Waals surface area contributed by atoms with Crippen molar-refractivity contribution in [1.82, 2.24) is 4.98 Å². The predicted molar refractivity (Wildman–Crippen MR) is 68.1 cm³/mol. The average molecular weight is 324 g/mol. The summed E-state index contributed by atoms with van der Waals surface area (Å²) in [6, 6.07) is 3.46. The predicted octanol–water partition coefficient (Wildman–Crippen LogP) is 3.09. The zero-order valence-corrected chi connectivity index (χ0v) is 11.4. The molecule has 0 N–H and O–H groups in total. The van der Waals surface area contributed by atoms with Crippen LogP contribution in [0.2, 0.25) is 5.15 Å². The number of pyridine rings is 1. The molecule has 0 spiro atoms. The zero-order chi connectivity index (χ0) is 11.7. The van der Waals surface area contributed by atoms with Crippen LogP contribution in [-0.4, -0.2) is 23.3 Å². The van der Waals surface area contributed by atoms with Gasteiger partial charge < -0.3 is 4.90 Å². The Balaban J connectivity index is 2.28. The lowest BCUT2D eigenvalue weighted by Crippen LogP contribution is -2.25. The molecular formula is C10H9BrCl2N2O. The quantitative estimate of drug-likeness (QED) is 0.619. The highest BCUT2D eigenvalue weighted by atomic mass is 79.9. The van der Waals surface area contributed by atoms with Crippen molar-refractivity contribution < 1.29 is 4.79 Å². The van der Waals surface area contributed by atoms with Crippen LogP contribution in [0.25, 0.3) is 0 Å². The lowest BCUT2D eigenvalue weighted by molar-refractivity contribution is -0.117. The van der Waals surface area contributed by atoms with Crippen molar-refractivity contribution in [3.63, 3.8) is 0 Å². The number of alkyl halides is 1. The third-order valence-electron chi connectivity index (χ3n) is 2.51. The Morgan fingerprint density at radius 1 is 1.56 bits per heavy atom. The van der Waals surface area contributed by atoms with E-state index in [-0.39, 0.29) is 11.8 Å². The van der Waals surface area contributed by atoms with Gasteiger partial charge in [-0.2, -0.15) is 0 Å². The van der Waals surface area contributed by atoms with Crippen LogP contribution in [-0.2, 0) is 4.79 Å². The molecule has 1 atom stereocenters. The molecule has 1 amide bonds. The number of amides is 1. The SMILES string of the molecule is O=C1CC(CCl)CN1c1ccc(Cl)nc1Br. The lowest BCUT2D eigenvalue weighted by atomic mass is 10.1. The highest BCUT2D eigenvalue weighted by Gasteiger charge is 2.31. The van der Waals surface area contributed by atoms with E-state index in [1.54, 1.807) is 17.0 Å². The maximum absolute atomic E-state index is 11.8. The molecule has 86 valence electrons. The second-order valence-electron chi connectivity index (χ2n) is 3.67. The number of hydrogen-bond acceptors (Lipinski definition) is 2. The standard InChI is InChI=1S/C10H9BrCl2N2O/c11-10-7(1-2-8(13)14-10)15-5-6(4-12)3-9(15)16/h1-2,6H,3-5H2. The van der Waals surface area contributed by atoms with Crippen LogP contribution < -0.4 is 4.90 Å². The van der Waals surface area contributed by atoms with Gasteiger partial charge in [0.15, 0.2) is 0 Å². The van der Waals surface area contributed by atoms with Crippen LogP contribution in [0.5, 0.6) is 0 Å². The maximum atomic E-state index is 11.8. The Labute approximate surface area is 112 Å². The molecule has 1 saturated heterocycles. The maximum Gasteiger partial charge on any atom is 0.227 e. The summed E-state index contributed by atoms with van der Waals surface area (Å²) >= 11 is 14.8. The second-order valence-corrected chi connectivity index (χ2v) is 5.12. The monoisotopic (exact) mass is 322 g/mol. The minimum Gasteiger partial charge on any atom is -0.309 e. The summed E-state index contributed by atoms with van der Waals surface area (Å²) in [4.78, 5) is 17.5. The molecule has 0 aromatic carbocycles. The first kappa shape index (κ1) is 12.1. The highest BCUT2D eigenvalue weighted by Crippen LogP contribution is 2.31. The van der Waals surface area contributed by atoms with Crippen molar-refractivity contribution in [3.05, 3.63) is 21.9 Å². The lowest BCUT2D eigenvalue weighted by Gasteiger charge is -2.17. The summed E-state index contributed by atoms with van der Waals surface area (Å²) in [5, 5.41) is 0.399. The van der Waals surface area contributed by atoms with Gasteiger partial charge in [0.1, 0.15) is 9.76 Å². The molecular weight excluding hydrogens is 315 g/mol. The summed E-state index contributed by atoms with van der Waals surface area (Å²) in [6.07, 6.45) is 0.499. The van der Waals surface area contributed by atoms with Gasteiger partial charge in [0.05, 0.1) is 5.69 Å². The fourth-order valence-corrected chi connectivity index (χ4v) is 2.72. The molecule has 0 radical (unpaired) electrons. The van der Waals surface area contributed by atoms with Gasteiger partial charge in [-0.1, -0.05) is 11.6 Å². The van der Waals surface area contributed by atoms with Gasteiger partial charge in [-0.3, -0.25) is 4.79 Å². The molecule has 0 bridgehead atoms. The summed E-state index contributed by atoms with van der Waals surface area (Å²) in [5.41, 5.74) is 0.752. The molecule has 1 aliphatic heterocycles. The van der Waals surface area contributed by atoms with Gasteiger partial charge >= 0.3 is 0 Å². The number of aromatic nitrogens is 1. The minimum absolute atomic E-state index is 0.0791. The van der Waals surface area contributed by atoms with Crippen LogP contribution in [0.15, 0.2) is 16.7 Å². The van der Waals surface area contributed by atoms with Crippen LogP contribution in [0.1, 0.15) is 6.42 Å². The molecule has 0 aliphatic carbocycles. The third-order valence-corrected chi connectivity index (χ3v) is 3.74. The Kier molecular flexibility index (Phi) is 3.72. The molecule has 0 saturated carbocycles. The van der Waals surface area contributed by atoms with E-state index in [4.69, 9.17) is 23.2 Å². The molecule has 1 aliphatic rings. The number of carbonyl (C=O) groups excluding carboxylic acids is 1. The first-order chi connectivity index (χ1) is 7.61. The Bertz CT molecular complexity index is 427. The molecule has 6 heteroatoms. The summed E-state index contributed by atoms with van der Waals surface area (Å²) in [6.45, 7) is 0.643. The number of nitrogens with zero attached hydrogens (tertiary/aromatic N) is 2. The average Bonchev–Trinajstić information content (AvgIpc) is 2.60. The van der Waals surface area contributed by atoms with Crippen molar-refractivity contribution in [2.75, 3.05) is 17.3 Å². The van der Waals surface area contributed by atoms with Crippen molar-refractivity contribution >= 4 is 50.7 Å². The largest absolute Gasteiger partial charge is 0.309 e. The Morgan fingerprint density at radius 3 is 2.88 bits per heavy atom.